The molecule has 3 aromatic carbocycles. The molecule has 0 fully saturated rings. The first kappa shape index (κ1) is 13.7. The van der Waals surface area contributed by atoms with Gasteiger partial charge in [0.2, 0.25) is 0 Å². The van der Waals surface area contributed by atoms with Gasteiger partial charge in [-0.15, -0.1) is 0 Å². The monoisotopic (exact) mass is 295 g/mol. The van der Waals surface area contributed by atoms with Crippen LogP contribution in [0.25, 0.3) is 33.3 Å². The van der Waals surface area contributed by atoms with Crippen molar-refractivity contribution in [3.63, 3.8) is 0 Å². The van der Waals surface area contributed by atoms with Crippen molar-refractivity contribution in [2.75, 3.05) is 0 Å². The molecular weight excluding hydrogens is 278 g/mol. The van der Waals surface area contributed by atoms with Crippen molar-refractivity contribution in [2.24, 2.45) is 0 Å². The highest BCUT2D eigenvalue weighted by Crippen LogP contribution is 2.26. The van der Waals surface area contributed by atoms with E-state index in [-0.39, 0.29) is 0 Å². The molecule has 1 nitrogen and oxygen atoms in total. The molecule has 0 aliphatic heterocycles. The van der Waals surface area contributed by atoms with Gasteiger partial charge >= 0.3 is 0 Å². The Kier molecular flexibility index (Phi) is 3.39. The van der Waals surface area contributed by atoms with Gasteiger partial charge < -0.3 is 0 Å². The maximum absolute atomic E-state index is 4.81. The second-order valence-electron chi connectivity index (χ2n) is 5.84. The van der Waals surface area contributed by atoms with E-state index < -0.39 is 0 Å². The Morgan fingerprint density at radius 1 is 0.609 bits per heavy atom. The van der Waals surface area contributed by atoms with Gasteiger partial charge in [-0.05, 0) is 36.2 Å². The summed E-state index contributed by atoms with van der Waals surface area (Å²) in [5, 5.41) is 1.17. The van der Waals surface area contributed by atoms with E-state index in [1.165, 1.54) is 22.1 Å². The molecule has 0 saturated carbocycles. The Morgan fingerprint density at radius 3 is 2.13 bits per heavy atom. The van der Waals surface area contributed by atoms with Crippen LogP contribution < -0.4 is 0 Å². The van der Waals surface area contributed by atoms with Crippen LogP contribution in [0.5, 0.6) is 0 Å². The second kappa shape index (κ2) is 5.69. The third-order valence-electron chi connectivity index (χ3n) is 4.14. The number of hydrogen-bond donors (Lipinski definition) is 0. The molecule has 110 valence electrons. The first-order valence-corrected chi connectivity index (χ1v) is 7.83. The molecule has 0 aliphatic carbocycles. The molecule has 23 heavy (non-hydrogen) atoms. The third kappa shape index (κ3) is 2.74. The van der Waals surface area contributed by atoms with Crippen LogP contribution in [0.2, 0.25) is 0 Å². The van der Waals surface area contributed by atoms with Gasteiger partial charge in [0.05, 0.1) is 11.2 Å². The van der Waals surface area contributed by atoms with Crippen molar-refractivity contribution < 1.29 is 0 Å². The van der Waals surface area contributed by atoms with Crippen LogP contribution >= 0.6 is 0 Å². The van der Waals surface area contributed by atoms with E-state index in [0.29, 0.717) is 0 Å². The number of rotatable bonds is 2. The molecule has 1 aromatic heterocycles. The lowest BCUT2D eigenvalue weighted by molar-refractivity contribution is 1.38. The lowest BCUT2D eigenvalue weighted by atomic mass is 10.0. The lowest BCUT2D eigenvalue weighted by Crippen LogP contribution is -1.86. The highest BCUT2D eigenvalue weighted by molar-refractivity contribution is 5.86. The Balaban J connectivity index is 1.77. The number of aryl methyl sites for hydroxylation is 1. The predicted molar refractivity (Wildman–Crippen MR) is 97.4 cm³/mol. The van der Waals surface area contributed by atoms with Crippen molar-refractivity contribution >= 4 is 10.9 Å². The van der Waals surface area contributed by atoms with E-state index in [2.05, 4.69) is 85.8 Å². The number of pyridine rings is 1. The number of fused-ring (bicyclic) bond motifs is 1. The fourth-order valence-electron chi connectivity index (χ4n) is 2.82. The van der Waals surface area contributed by atoms with Gasteiger partial charge in [-0.2, -0.15) is 0 Å². The van der Waals surface area contributed by atoms with Crippen molar-refractivity contribution in [1.29, 1.82) is 0 Å². The van der Waals surface area contributed by atoms with Gasteiger partial charge in [0.1, 0.15) is 0 Å². The van der Waals surface area contributed by atoms with Crippen molar-refractivity contribution in [3.05, 3.63) is 90.5 Å². The SMILES string of the molecule is Cc1ccc(-c2ccc3cc(-c4ccccc4)ccc3n2)cc1. The normalized spacial score (nSPS) is 10.8. The molecule has 0 unspecified atom stereocenters. The van der Waals surface area contributed by atoms with Crippen LogP contribution in [0.1, 0.15) is 5.56 Å². The van der Waals surface area contributed by atoms with Gasteiger partial charge in [0.25, 0.3) is 0 Å². The first-order valence-electron chi connectivity index (χ1n) is 7.83. The van der Waals surface area contributed by atoms with Gasteiger partial charge in [0, 0.05) is 10.9 Å². The molecule has 0 aliphatic rings. The molecule has 1 heteroatoms. The summed E-state index contributed by atoms with van der Waals surface area (Å²) in [6.07, 6.45) is 0. The molecular formula is C22H17N. The molecule has 0 N–H and O–H groups in total. The van der Waals surface area contributed by atoms with E-state index in [9.17, 15) is 0 Å². The zero-order valence-electron chi connectivity index (χ0n) is 13.0. The summed E-state index contributed by atoms with van der Waals surface area (Å²) in [4.78, 5) is 4.81. The van der Waals surface area contributed by atoms with Crippen molar-refractivity contribution in [2.45, 2.75) is 6.92 Å². The summed E-state index contributed by atoms with van der Waals surface area (Å²) < 4.78 is 0. The minimum absolute atomic E-state index is 1.02. The molecule has 4 rings (SSSR count). The third-order valence-corrected chi connectivity index (χ3v) is 4.14. The molecule has 0 spiro atoms. The topological polar surface area (TPSA) is 12.9 Å². The number of aromatic nitrogens is 1. The van der Waals surface area contributed by atoms with Crippen LogP contribution in [0.15, 0.2) is 84.9 Å². The summed E-state index contributed by atoms with van der Waals surface area (Å²) in [6.45, 7) is 2.10. The van der Waals surface area contributed by atoms with Gasteiger partial charge in [0.15, 0.2) is 0 Å². The summed E-state index contributed by atoms with van der Waals surface area (Å²) in [7, 11) is 0. The summed E-state index contributed by atoms with van der Waals surface area (Å²) in [6, 6.07) is 29.7. The van der Waals surface area contributed by atoms with Gasteiger partial charge in [-0.3, -0.25) is 0 Å². The predicted octanol–water partition coefficient (Wildman–Crippen LogP) is 5.88. The van der Waals surface area contributed by atoms with Crippen LogP contribution in [-0.2, 0) is 0 Å². The van der Waals surface area contributed by atoms with E-state index in [1.807, 2.05) is 6.07 Å². The van der Waals surface area contributed by atoms with E-state index in [1.54, 1.807) is 0 Å². The molecule has 0 atom stereocenters. The van der Waals surface area contributed by atoms with E-state index in [0.717, 1.165) is 16.8 Å². The largest absolute Gasteiger partial charge is 0.248 e. The zero-order chi connectivity index (χ0) is 15.6. The highest BCUT2D eigenvalue weighted by Gasteiger charge is 2.03. The summed E-state index contributed by atoms with van der Waals surface area (Å²) >= 11 is 0. The minimum atomic E-state index is 1.02. The maximum Gasteiger partial charge on any atom is 0.0709 e. The zero-order valence-corrected chi connectivity index (χ0v) is 13.0. The van der Waals surface area contributed by atoms with Crippen LogP contribution in [0.3, 0.4) is 0 Å². The average molecular weight is 295 g/mol. The van der Waals surface area contributed by atoms with Crippen LogP contribution in [0.4, 0.5) is 0 Å². The first-order chi connectivity index (χ1) is 11.3. The Hall–Kier alpha value is -2.93. The molecule has 0 saturated heterocycles. The van der Waals surface area contributed by atoms with Crippen molar-refractivity contribution in [1.82, 2.24) is 4.98 Å². The summed E-state index contributed by atoms with van der Waals surface area (Å²) in [5.74, 6) is 0. The van der Waals surface area contributed by atoms with Crippen molar-refractivity contribution in [3.8, 4) is 22.4 Å². The Labute approximate surface area is 136 Å². The molecule has 1 heterocycles. The average Bonchev–Trinajstić information content (AvgIpc) is 2.62. The number of hydrogen-bond acceptors (Lipinski definition) is 1. The van der Waals surface area contributed by atoms with E-state index >= 15 is 0 Å². The van der Waals surface area contributed by atoms with Crippen LogP contribution in [-0.4, -0.2) is 4.98 Å². The van der Waals surface area contributed by atoms with E-state index in [4.69, 9.17) is 4.98 Å². The highest BCUT2D eigenvalue weighted by atomic mass is 14.7. The molecule has 0 bridgehead atoms. The Bertz CT molecular complexity index is 954. The van der Waals surface area contributed by atoms with Crippen LogP contribution in [0, 0.1) is 6.92 Å². The standard InChI is InChI=1S/C22H17N/c1-16-7-9-18(10-8-16)21-14-12-20-15-19(11-13-22(20)23-21)17-5-3-2-4-6-17/h2-15H,1H3. The fourth-order valence-corrected chi connectivity index (χ4v) is 2.82. The smallest absolute Gasteiger partial charge is 0.0709 e. The number of benzene rings is 3. The second-order valence-corrected chi connectivity index (χ2v) is 5.84. The van der Waals surface area contributed by atoms with Gasteiger partial charge in [-0.1, -0.05) is 72.3 Å². The molecule has 0 radical (unpaired) electrons. The maximum atomic E-state index is 4.81. The summed E-state index contributed by atoms with van der Waals surface area (Å²) in [5.41, 5.74) is 6.93. The lowest BCUT2D eigenvalue weighted by Gasteiger charge is -2.06. The molecule has 4 aromatic rings. The number of nitrogens with zero attached hydrogens (tertiary/aromatic N) is 1. The Morgan fingerprint density at radius 2 is 1.35 bits per heavy atom. The fraction of sp³-hybridized carbons (Fsp3) is 0.0455. The minimum Gasteiger partial charge on any atom is -0.248 e. The molecule has 0 amide bonds. The van der Waals surface area contributed by atoms with Gasteiger partial charge in [-0.25, -0.2) is 4.98 Å². The quantitative estimate of drug-likeness (QED) is 0.450.